The zero-order chi connectivity index (χ0) is 16.4. The van der Waals surface area contributed by atoms with Crippen LogP contribution in [0.2, 0.25) is 0 Å². The number of fused-ring (bicyclic) bond motifs is 2. The Labute approximate surface area is 135 Å². The maximum absolute atomic E-state index is 12.2. The first-order valence-electron chi connectivity index (χ1n) is 8.22. The van der Waals surface area contributed by atoms with Crippen LogP contribution in [0.4, 0.5) is 5.69 Å². The lowest BCUT2D eigenvalue weighted by Crippen LogP contribution is -2.45. The number of nitrogens with one attached hydrogen (secondary N) is 1. The molecule has 6 heteroatoms. The minimum atomic E-state index is -0.426. The number of amides is 1. The van der Waals surface area contributed by atoms with Gasteiger partial charge < -0.3 is 10.4 Å². The third-order valence-electron chi connectivity index (χ3n) is 5.39. The van der Waals surface area contributed by atoms with Crippen molar-refractivity contribution in [1.82, 2.24) is 5.32 Å². The fourth-order valence-corrected chi connectivity index (χ4v) is 4.24. The van der Waals surface area contributed by atoms with E-state index in [9.17, 15) is 20.0 Å². The number of rotatable bonds is 6. The molecule has 3 rings (SSSR count). The minimum absolute atomic E-state index is 0.0347. The summed E-state index contributed by atoms with van der Waals surface area (Å²) in [5.74, 6) is 1.20. The first-order chi connectivity index (χ1) is 11.1. The van der Waals surface area contributed by atoms with Crippen LogP contribution < -0.4 is 5.32 Å². The third-order valence-corrected chi connectivity index (χ3v) is 5.39. The second kappa shape index (κ2) is 6.66. The Morgan fingerprint density at radius 3 is 2.87 bits per heavy atom. The minimum Gasteiger partial charge on any atom is -0.396 e. The number of non-ortho nitro benzene ring substituents is 1. The Balaban J connectivity index is 1.54. The van der Waals surface area contributed by atoms with Gasteiger partial charge in [0.25, 0.3) is 5.69 Å². The number of nitrogens with zero attached hydrogens (tertiary/aromatic N) is 1. The van der Waals surface area contributed by atoms with Gasteiger partial charge in [-0.15, -0.1) is 0 Å². The van der Waals surface area contributed by atoms with E-state index in [-0.39, 0.29) is 30.2 Å². The molecule has 0 aromatic heterocycles. The van der Waals surface area contributed by atoms with E-state index in [4.69, 9.17) is 0 Å². The molecule has 0 saturated heterocycles. The number of hydrogen-bond acceptors (Lipinski definition) is 4. The molecule has 124 valence electrons. The lowest BCUT2D eigenvalue weighted by Gasteiger charge is -2.30. The molecule has 1 aromatic carbocycles. The molecule has 2 N–H and O–H groups in total. The summed E-state index contributed by atoms with van der Waals surface area (Å²) < 4.78 is 0. The van der Waals surface area contributed by atoms with Crippen molar-refractivity contribution in [3.63, 3.8) is 0 Å². The topological polar surface area (TPSA) is 92.5 Å². The highest BCUT2D eigenvalue weighted by atomic mass is 16.6. The van der Waals surface area contributed by atoms with Gasteiger partial charge in [-0.2, -0.15) is 0 Å². The van der Waals surface area contributed by atoms with Gasteiger partial charge in [-0.25, -0.2) is 0 Å². The molecule has 2 saturated carbocycles. The summed E-state index contributed by atoms with van der Waals surface area (Å²) in [6.07, 6.45) is 4.21. The number of benzene rings is 1. The normalized spacial score (nSPS) is 28.7. The number of carbonyl (C=O) groups excluding carboxylic acids is 1. The van der Waals surface area contributed by atoms with Crippen LogP contribution in [-0.2, 0) is 11.2 Å². The van der Waals surface area contributed by atoms with Crippen molar-refractivity contribution < 1.29 is 14.8 Å². The summed E-state index contributed by atoms with van der Waals surface area (Å²) in [5, 5.41) is 23.4. The number of aliphatic hydroxyl groups excluding tert-OH is 1. The first-order valence-corrected chi connectivity index (χ1v) is 8.22. The highest BCUT2D eigenvalue weighted by Crippen LogP contribution is 2.48. The molecule has 0 aliphatic heterocycles. The molecular weight excluding hydrogens is 296 g/mol. The summed E-state index contributed by atoms with van der Waals surface area (Å²) >= 11 is 0. The van der Waals surface area contributed by atoms with Gasteiger partial charge in [0.1, 0.15) is 0 Å². The SMILES string of the molecule is O=C(CCc1cccc([N+](=O)[O-])c1)NC1C2CCC(C2)C1CO. The fraction of sp³-hybridized carbons (Fsp3) is 0.588. The van der Waals surface area contributed by atoms with E-state index in [1.807, 2.05) is 0 Å². The van der Waals surface area contributed by atoms with Crippen LogP contribution in [0.1, 0.15) is 31.2 Å². The Bertz CT molecular complexity index is 604. The maximum Gasteiger partial charge on any atom is 0.269 e. The van der Waals surface area contributed by atoms with Crippen molar-refractivity contribution in [3.05, 3.63) is 39.9 Å². The smallest absolute Gasteiger partial charge is 0.269 e. The van der Waals surface area contributed by atoms with E-state index in [1.54, 1.807) is 12.1 Å². The highest BCUT2D eigenvalue weighted by Gasteiger charge is 2.47. The molecule has 2 aliphatic rings. The Hall–Kier alpha value is -1.95. The number of aliphatic hydroxyl groups is 1. The van der Waals surface area contributed by atoms with E-state index in [0.717, 1.165) is 24.8 Å². The first kappa shape index (κ1) is 15.9. The van der Waals surface area contributed by atoms with Crippen LogP contribution in [-0.4, -0.2) is 28.6 Å². The number of hydrogen-bond donors (Lipinski definition) is 2. The molecule has 2 aliphatic carbocycles. The van der Waals surface area contributed by atoms with Crippen LogP contribution in [0.25, 0.3) is 0 Å². The number of carbonyl (C=O) groups is 1. The molecule has 4 unspecified atom stereocenters. The van der Waals surface area contributed by atoms with E-state index in [1.165, 1.54) is 12.1 Å². The number of aryl methyl sites for hydroxylation is 1. The Kier molecular flexibility index (Phi) is 4.61. The zero-order valence-corrected chi connectivity index (χ0v) is 13.0. The van der Waals surface area contributed by atoms with Crippen LogP contribution in [0.3, 0.4) is 0 Å². The van der Waals surface area contributed by atoms with Gasteiger partial charge in [-0.05, 0) is 43.1 Å². The van der Waals surface area contributed by atoms with Crippen molar-refractivity contribution >= 4 is 11.6 Å². The summed E-state index contributed by atoms with van der Waals surface area (Å²) in [6, 6.07) is 6.50. The van der Waals surface area contributed by atoms with Gasteiger partial charge in [-0.1, -0.05) is 12.1 Å². The molecule has 2 fully saturated rings. The number of nitro groups is 1. The summed E-state index contributed by atoms with van der Waals surface area (Å²) in [7, 11) is 0. The van der Waals surface area contributed by atoms with E-state index < -0.39 is 4.92 Å². The summed E-state index contributed by atoms with van der Waals surface area (Å²) in [6.45, 7) is 0.136. The summed E-state index contributed by atoms with van der Waals surface area (Å²) in [5.41, 5.74) is 0.845. The predicted molar refractivity (Wildman–Crippen MR) is 84.8 cm³/mol. The van der Waals surface area contributed by atoms with Gasteiger partial charge in [-0.3, -0.25) is 14.9 Å². The fourth-order valence-electron chi connectivity index (χ4n) is 4.24. The molecule has 1 amide bonds. The molecule has 0 radical (unpaired) electrons. The molecule has 0 spiro atoms. The second-order valence-corrected chi connectivity index (χ2v) is 6.70. The Morgan fingerprint density at radius 1 is 1.35 bits per heavy atom. The molecule has 1 aromatic rings. The lowest BCUT2D eigenvalue weighted by molar-refractivity contribution is -0.384. The summed E-state index contributed by atoms with van der Waals surface area (Å²) in [4.78, 5) is 22.5. The van der Waals surface area contributed by atoms with Crippen LogP contribution in [0.5, 0.6) is 0 Å². The second-order valence-electron chi connectivity index (χ2n) is 6.70. The zero-order valence-electron chi connectivity index (χ0n) is 13.0. The predicted octanol–water partition coefficient (Wildman–Crippen LogP) is 2.05. The van der Waals surface area contributed by atoms with Crippen molar-refractivity contribution in [2.24, 2.45) is 17.8 Å². The molecular formula is C17H22N2O4. The molecule has 4 atom stereocenters. The average molecular weight is 318 g/mol. The monoisotopic (exact) mass is 318 g/mol. The van der Waals surface area contributed by atoms with Crippen LogP contribution in [0, 0.1) is 27.9 Å². The van der Waals surface area contributed by atoms with Gasteiger partial charge in [0.05, 0.1) is 4.92 Å². The molecule has 0 heterocycles. The van der Waals surface area contributed by atoms with E-state index in [0.29, 0.717) is 24.7 Å². The standard InChI is InChI=1S/C17H22N2O4/c20-10-15-12-5-6-13(9-12)17(15)18-16(21)7-4-11-2-1-3-14(8-11)19(22)23/h1-3,8,12-13,15,17,20H,4-7,9-10H2,(H,18,21). The number of nitro benzene ring substituents is 1. The quantitative estimate of drug-likeness (QED) is 0.620. The van der Waals surface area contributed by atoms with Gasteiger partial charge in [0.2, 0.25) is 5.91 Å². The van der Waals surface area contributed by atoms with E-state index >= 15 is 0 Å². The van der Waals surface area contributed by atoms with Gasteiger partial charge in [0, 0.05) is 37.1 Å². The average Bonchev–Trinajstić information content (AvgIpc) is 3.14. The van der Waals surface area contributed by atoms with Crippen molar-refractivity contribution in [1.29, 1.82) is 0 Å². The highest BCUT2D eigenvalue weighted by molar-refractivity contribution is 5.76. The van der Waals surface area contributed by atoms with Gasteiger partial charge in [0.15, 0.2) is 0 Å². The van der Waals surface area contributed by atoms with Crippen molar-refractivity contribution in [2.45, 2.75) is 38.1 Å². The molecule has 6 nitrogen and oxygen atoms in total. The lowest BCUT2D eigenvalue weighted by atomic mass is 9.85. The molecule has 2 bridgehead atoms. The van der Waals surface area contributed by atoms with E-state index in [2.05, 4.69) is 5.32 Å². The maximum atomic E-state index is 12.2. The van der Waals surface area contributed by atoms with Crippen molar-refractivity contribution in [2.75, 3.05) is 6.61 Å². The van der Waals surface area contributed by atoms with Crippen LogP contribution in [0.15, 0.2) is 24.3 Å². The van der Waals surface area contributed by atoms with Gasteiger partial charge >= 0.3 is 0 Å². The Morgan fingerprint density at radius 2 is 2.13 bits per heavy atom. The van der Waals surface area contributed by atoms with Crippen molar-refractivity contribution in [3.8, 4) is 0 Å². The third kappa shape index (κ3) is 3.37. The molecule has 23 heavy (non-hydrogen) atoms. The van der Waals surface area contributed by atoms with Crippen LogP contribution >= 0.6 is 0 Å². The largest absolute Gasteiger partial charge is 0.396 e.